The average molecular weight is 402 g/mol. The summed E-state index contributed by atoms with van der Waals surface area (Å²) in [5.74, 6) is -0.227. The molecule has 3 amide bonds. The quantitative estimate of drug-likeness (QED) is 0.858. The van der Waals surface area contributed by atoms with Gasteiger partial charge in [0.1, 0.15) is 5.82 Å². The number of amides is 3. The van der Waals surface area contributed by atoms with Crippen LogP contribution in [0.1, 0.15) is 12.0 Å². The molecular formula is C20H23FN4O2S. The molecular weight excluding hydrogens is 379 g/mol. The summed E-state index contributed by atoms with van der Waals surface area (Å²) in [5.41, 5.74) is 1.41. The van der Waals surface area contributed by atoms with Crippen molar-refractivity contribution in [3.05, 3.63) is 52.5 Å². The van der Waals surface area contributed by atoms with E-state index in [1.54, 1.807) is 28.4 Å². The number of likely N-dealkylation sites (tertiary alicyclic amines) is 1. The van der Waals surface area contributed by atoms with E-state index in [-0.39, 0.29) is 29.8 Å². The highest BCUT2D eigenvalue weighted by Gasteiger charge is 2.48. The molecule has 1 aromatic heterocycles. The predicted molar refractivity (Wildman–Crippen MR) is 107 cm³/mol. The third kappa shape index (κ3) is 3.62. The van der Waals surface area contributed by atoms with Gasteiger partial charge in [-0.05, 0) is 42.6 Å². The largest absolute Gasteiger partial charge is 0.334 e. The first-order valence-electron chi connectivity index (χ1n) is 9.28. The number of halogens is 1. The lowest BCUT2D eigenvalue weighted by atomic mass is 9.93. The van der Waals surface area contributed by atoms with Gasteiger partial charge >= 0.3 is 6.03 Å². The zero-order valence-electron chi connectivity index (χ0n) is 15.7. The summed E-state index contributed by atoms with van der Waals surface area (Å²) in [7, 11) is 1.96. The minimum atomic E-state index is -0.311. The summed E-state index contributed by atoms with van der Waals surface area (Å²) >= 11 is 1.57. The number of likely N-dealkylation sites (N-methyl/N-ethyl adjacent to an activating group) is 1. The minimum absolute atomic E-state index is 0.0838. The van der Waals surface area contributed by atoms with Gasteiger partial charge in [0.05, 0.1) is 17.8 Å². The second-order valence-electron chi connectivity index (χ2n) is 7.50. The Hall–Kier alpha value is -2.45. The molecule has 28 heavy (non-hydrogen) atoms. The second-order valence-corrected chi connectivity index (χ2v) is 8.28. The van der Waals surface area contributed by atoms with E-state index in [0.29, 0.717) is 26.2 Å². The fraction of sp³-hybridized carbons (Fsp3) is 0.400. The zero-order chi connectivity index (χ0) is 19.7. The van der Waals surface area contributed by atoms with Crippen molar-refractivity contribution in [3.63, 3.8) is 0 Å². The number of hydrogen-bond acceptors (Lipinski definition) is 4. The zero-order valence-corrected chi connectivity index (χ0v) is 16.5. The summed E-state index contributed by atoms with van der Waals surface area (Å²) in [6.07, 6.45) is 0.810. The maximum absolute atomic E-state index is 13.3. The number of nitrogens with one attached hydrogen (secondary N) is 1. The van der Waals surface area contributed by atoms with Gasteiger partial charge in [-0.25, -0.2) is 9.18 Å². The number of urea groups is 1. The number of benzene rings is 1. The van der Waals surface area contributed by atoms with E-state index < -0.39 is 0 Å². The Morgan fingerprint density at radius 3 is 2.93 bits per heavy atom. The van der Waals surface area contributed by atoms with Gasteiger partial charge in [-0.1, -0.05) is 12.1 Å². The molecule has 2 fully saturated rings. The van der Waals surface area contributed by atoms with E-state index in [9.17, 15) is 14.0 Å². The van der Waals surface area contributed by atoms with Crippen LogP contribution >= 0.6 is 11.3 Å². The molecule has 1 N–H and O–H groups in total. The van der Waals surface area contributed by atoms with Crippen molar-refractivity contribution in [1.82, 2.24) is 15.1 Å². The second kappa shape index (κ2) is 7.52. The highest BCUT2D eigenvalue weighted by molar-refractivity contribution is 7.08. The molecule has 2 aromatic rings. The number of carbonyl (C=O) groups is 2. The number of thiophene rings is 1. The molecule has 6 nitrogen and oxygen atoms in total. The van der Waals surface area contributed by atoms with Gasteiger partial charge in [0.25, 0.3) is 0 Å². The number of nitrogens with zero attached hydrogens (tertiary/aromatic N) is 3. The van der Waals surface area contributed by atoms with E-state index in [1.165, 1.54) is 12.1 Å². The Balaban J connectivity index is 1.41. The average Bonchev–Trinajstić information content (AvgIpc) is 3.34. The van der Waals surface area contributed by atoms with Crippen molar-refractivity contribution >= 4 is 29.0 Å². The molecule has 8 heteroatoms. The van der Waals surface area contributed by atoms with Gasteiger partial charge in [0.15, 0.2) is 0 Å². The van der Waals surface area contributed by atoms with Gasteiger partial charge in [0.2, 0.25) is 5.91 Å². The molecule has 0 unspecified atom stereocenters. The van der Waals surface area contributed by atoms with Gasteiger partial charge < -0.3 is 15.1 Å². The molecule has 148 valence electrons. The molecule has 1 atom stereocenters. The van der Waals surface area contributed by atoms with Crippen molar-refractivity contribution in [2.24, 2.45) is 0 Å². The molecule has 1 spiro atoms. The first-order valence-corrected chi connectivity index (χ1v) is 10.2. The molecule has 2 aliphatic rings. The monoisotopic (exact) mass is 402 g/mol. The molecule has 2 aliphatic heterocycles. The Morgan fingerprint density at radius 1 is 1.32 bits per heavy atom. The Morgan fingerprint density at radius 2 is 2.18 bits per heavy atom. The lowest BCUT2D eigenvalue weighted by Gasteiger charge is -2.46. The molecule has 1 aromatic carbocycles. The molecule has 0 radical (unpaired) electrons. The summed E-state index contributed by atoms with van der Waals surface area (Å²) in [6.45, 7) is 2.40. The van der Waals surface area contributed by atoms with Crippen LogP contribution in [-0.4, -0.2) is 60.5 Å². The fourth-order valence-electron chi connectivity index (χ4n) is 4.01. The summed E-state index contributed by atoms with van der Waals surface area (Å²) in [6, 6.07) is 8.02. The Bertz CT molecular complexity index is 875. The van der Waals surface area contributed by atoms with Gasteiger partial charge in [-0.3, -0.25) is 9.69 Å². The molecule has 3 heterocycles. The van der Waals surface area contributed by atoms with E-state index >= 15 is 0 Å². The van der Waals surface area contributed by atoms with Crippen LogP contribution in [-0.2, 0) is 11.3 Å². The number of carbonyl (C=O) groups excluding carboxylic acids is 2. The Kier molecular flexibility index (Phi) is 5.07. The van der Waals surface area contributed by atoms with Crippen LogP contribution in [0.2, 0.25) is 0 Å². The van der Waals surface area contributed by atoms with E-state index in [1.807, 2.05) is 28.8 Å². The highest BCUT2D eigenvalue weighted by Crippen LogP contribution is 2.34. The maximum atomic E-state index is 13.3. The third-order valence-electron chi connectivity index (χ3n) is 5.71. The molecule has 0 saturated carbocycles. The van der Waals surface area contributed by atoms with Crippen LogP contribution in [0.3, 0.4) is 0 Å². The number of piperazine rings is 1. The standard InChI is InChI=1S/C20H23FN4O2S/c1-23-11-18(26)25(17-5-8-28-12-17)14-20(23)6-7-24(13-20)19(27)22-10-15-3-2-4-16(21)9-15/h2-5,8-9,12H,6-7,10-11,13-14H2,1H3,(H,22,27)/t20-/m1/s1. The SMILES string of the molecule is CN1CC(=O)N(c2ccsc2)C[C@]12CCN(C(=O)NCc1cccc(F)c1)C2. The smallest absolute Gasteiger partial charge is 0.317 e. The van der Waals surface area contributed by atoms with Crippen LogP contribution in [0, 0.1) is 5.82 Å². The highest BCUT2D eigenvalue weighted by atomic mass is 32.1. The van der Waals surface area contributed by atoms with E-state index in [4.69, 9.17) is 0 Å². The first kappa shape index (κ1) is 18.9. The Labute approximate surface area is 167 Å². The normalized spacial score (nSPS) is 22.9. The fourth-order valence-corrected chi connectivity index (χ4v) is 4.65. The van der Waals surface area contributed by atoms with Crippen molar-refractivity contribution in [3.8, 4) is 0 Å². The van der Waals surface area contributed by atoms with Crippen molar-refractivity contribution in [2.75, 3.05) is 38.1 Å². The molecule has 2 saturated heterocycles. The van der Waals surface area contributed by atoms with Gasteiger partial charge in [-0.2, -0.15) is 11.3 Å². The molecule has 4 rings (SSSR count). The predicted octanol–water partition coefficient (Wildman–Crippen LogP) is 2.52. The van der Waals surface area contributed by atoms with Crippen LogP contribution < -0.4 is 10.2 Å². The minimum Gasteiger partial charge on any atom is -0.334 e. The molecule has 0 aliphatic carbocycles. The summed E-state index contributed by atoms with van der Waals surface area (Å²) in [5, 5.41) is 6.82. The number of anilines is 1. The topological polar surface area (TPSA) is 55.9 Å². The van der Waals surface area contributed by atoms with E-state index in [0.717, 1.165) is 17.7 Å². The van der Waals surface area contributed by atoms with Crippen molar-refractivity contribution < 1.29 is 14.0 Å². The maximum Gasteiger partial charge on any atom is 0.317 e. The van der Waals surface area contributed by atoms with Crippen LogP contribution in [0.25, 0.3) is 0 Å². The van der Waals surface area contributed by atoms with Crippen molar-refractivity contribution in [2.45, 2.75) is 18.5 Å². The van der Waals surface area contributed by atoms with Gasteiger partial charge in [0, 0.05) is 31.6 Å². The number of hydrogen-bond donors (Lipinski definition) is 1. The van der Waals surface area contributed by atoms with Gasteiger partial charge in [-0.15, -0.1) is 0 Å². The van der Waals surface area contributed by atoms with E-state index in [2.05, 4.69) is 10.2 Å². The number of rotatable bonds is 3. The van der Waals surface area contributed by atoms with Crippen LogP contribution in [0.4, 0.5) is 14.9 Å². The summed E-state index contributed by atoms with van der Waals surface area (Å²) < 4.78 is 13.3. The molecule has 0 bridgehead atoms. The third-order valence-corrected chi connectivity index (χ3v) is 6.38. The lowest BCUT2D eigenvalue weighted by Crippen LogP contribution is -2.64. The van der Waals surface area contributed by atoms with Crippen LogP contribution in [0.5, 0.6) is 0 Å². The first-order chi connectivity index (χ1) is 13.5. The lowest BCUT2D eigenvalue weighted by molar-refractivity contribution is -0.123. The van der Waals surface area contributed by atoms with Crippen molar-refractivity contribution in [1.29, 1.82) is 0 Å². The summed E-state index contributed by atoms with van der Waals surface area (Å²) in [4.78, 5) is 30.9. The van der Waals surface area contributed by atoms with Crippen LogP contribution in [0.15, 0.2) is 41.1 Å².